The van der Waals surface area contributed by atoms with Crippen LogP contribution in [0.5, 0.6) is 0 Å². The molecule has 0 N–H and O–H groups in total. The van der Waals surface area contributed by atoms with Crippen LogP contribution in [0.25, 0.3) is 0 Å². The molecule has 0 aliphatic carbocycles. The maximum atomic E-state index is 12.7. The molecule has 1 aromatic rings. The minimum atomic E-state index is -4.46. The van der Waals surface area contributed by atoms with Crippen LogP contribution in [-0.4, -0.2) is 48.5 Å². The molecule has 0 aromatic carbocycles. The monoisotopic (exact) mass is 303 g/mol. The number of anilines is 1. The Labute approximate surface area is 120 Å². The molecule has 21 heavy (non-hydrogen) atoms. The van der Waals surface area contributed by atoms with Gasteiger partial charge < -0.3 is 14.4 Å². The van der Waals surface area contributed by atoms with E-state index in [2.05, 4.69) is 9.97 Å². The summed E-state index contributed by atoms with van der Waals surface area (Å²) < 4.78 is 49.2. The molecule has 5 nitrogen and oxygen atoms in total. The van der Waals surface area contributed by atoms with Crippen LogP contribution in [0.1, 0.15) is 18.5 Å². The zero-order valence-corrected chi connectivity index (χ0v) is 11.6. The minimum Gasteiger partial charge on any atom is -0.379 e. The Balaban J connectivity index is 1.75. The molecule has 0 saturated carbocycles. The number of rotatable bonds is 2. The lowest BCUT2D eigenvalue weighted by atomic mass is 9.98. The molecular weight excluding hydrogens is 287 g/mol. The molecule has 2 aliphatic heterocycles. The number of aromatic nitrogens is 2. The highest BCUT2D eigenvalue weighted by molar-refractivity contribution is 5.34. The lowest BCUT2D eigenvalue weighted by molar-refractivity contribution is -0.141. The average Bonchev–Trinajstić information content (AvgIpc) is 3.06. The number of halogens is 3. The SMILES string of the molecule is CO[C@@H]1CO[C@@]2(CCN(c3nccc(C(F)(F)F)n3)C2)C1. The average molecular weight is 303 g/mol. The summed E-state index contributed by atoms with van der Waals surface area (Å²) in [5.74, 6) is 0.103. The highest BCUT2D eigenvalue weighted by Crippen LogP contribution is 2.37. The van der Waals surface area contributed by atoms with E-state index in [4.69, 9.17) is 9.47 Å². The second-order valence-electron chi connectivity index (χ2n) is 5.47. The zero-order valence-electron chi connectivity index (χ0n) is 11.6. The van der Waals surface area contributed by atoms with E-state index in [1.807, 2.05) is 0 Å². The van der Waals surface area contributed by atoms with Crippen molar-refractivity contribution < 1.29 is 22.6 Å². The third-order valence-corrected chi connectivity index (χ3v) is 4.04. The van der Waals surface area contributed by atoms with Gasteiger partial charge in [-0.3, -0.25) is 0 Å². The van der Waals surface area contributed by atoms with Gasteiger partial charge in [-0.15, -0.1) is 0 Å². The van der Waals surface area contributed by atoms with Crippen molar-refractivity contribution in [3.8, 4) is 0 Å². The number of alkyl halides is 3. The fourth-order valence-electron chi connectivity index (χ4n) is 2.91. The molecule has 2 atom stereocenters. The number of hydrogen-bond donors (Lipinski definition) is 0. The first-order valence-electron chi connectivity index (χ1n) is 6.74. The Morgan fingerprint density at radius 2 is 2.29 bits per heavy atom. The first-order chi connectivity index (χ1) is 9.92. The second kappa shape index (κ2) is 5.10. The predicted octanol–water partition coefficient (Wildman–Crippen LogP) is 1.88. The summed E-state index contributed by atoms with van der Waals surface area (Å²) in [6, 6.07) is 0.877. The summed E-state index contributed by atoms with van der Waals surface area (Å²) in [6.07, 6.45) is -1.78. The lowest BCUT2D eigenvalue weighted by Gasteiger charge is -2.23. The summed E-state index contributed by atoms with van der Waals surface area (Å²) in [5.41, 5.74) is -1.27. The number of hydrogen-bond acceptors (Lipinski definition) is 5. The van der Waals surface area contributed by atoms with E-state index in [0.29, 0.717) is 19.7 Å². The lowest BCUT2D eigenvalue weighted by Crippen LogP contribution is -2.33. The van der Waals surface area contributed by atoms with E-state index in [0.717, 1.165) is 25.1 Å². The molecule has 3 rings (SSSR count). The van der Waals surface area contributed by atoms with Crippen LogP contribution in [0, 0.1) is 0 Å². The van der Waals surface area contributed by atoms with Crippen LogP contribution in [0.15, 0.2) is 12.3 Å². The van der Waals surface area contributed by atoms with Crippen molar-refractivity contribution in [3.63, 3.8) is 0 Å². The molecule has 1 spiro atoms. The summed E-state index contributed by atoms with van der Waals surface area (Å²) in [6.45, 7) is 1.60. The van der Waals surface area contributed by atoms with E-state index in [-0.39, 0.29) is 17.7 Å². The van der Waals surface area contributed by atoms with Crippen LogP contribution in [0.2, 0.25) is 0 Å². The van der Waals surface area contributed by atoms with Gasteiger partial charge in [-0.2, -0.15) is 13.2 Å². The molecule has 0 unspecified atom stereocenters. The summed E-state index contributed by atoms with van der Waals surface area (Å²) in [4.78, 5) is 9.32. The van der Waals surface area contributed by atoms with Crippen LogP contribution in [-0.2, 0) is 15.7 Å². The van der Waals surface area contributed by atoms with Crippen molar-refractivity contribution in [1.82, 2.24) is 9.97 Å². The standard InChI is InChI=1S/C13H16F3N3O2/c1-20-9-6-12(21-7-9)3-5-19(8-12)11-17-4-2-10(18-11)13(14,15)16/h2,4,9H,3,5-8H2,1H3/t9-,12-/m0/s1. The van der Waals surface area contributed by atoms with Crippen molar-refractivity contribution in [2.75, 3.05) is 31.7 Å². The van der Waals surface area contributed by atoms with Gasteiger partial charge in [0.15, 0.2) is 0 Å². The summed E-state index contributed by atoms with van der Waals surface area (Å²) in [7, 11) is 1.63. The molecule has 2 saturated heterocycles. The number of nitrogens with zero attached hydrogens (tertiary/aromatic N) is 3. The van der Waals surface area contributed by atoms with Crippen LogP contribution in [0.4, 0.5) is 19.1 Å². The van der Waals surface area contributed by atoms with Crippen molar-refractivity contribution >= 4 is 5.95 Å². The van der Waals surface area contributed by atoms with Crippen LogP contribution < -0.4 is 4.90 Å². The third kappa shape index (κ3) is 2.82. The highest BCUT2D eigenvalue weighted by atomic mass is 19.4. The Bertz CT molecular complexity index is 526. The Kier molecular flexibility index (Phi) is 3.53. The molecular formula is C13H16F3N3O2. The van der Waals surface area contributed by atoms with E-state index >= 15 is 0 Å². The molecule has 0 radical (unpaired) electrons. The largest absolute Gasteiger partial charge is 0.433 e. The van der Waals surface area contributed by atoms with Crippen molar-refractivity contribution in [2.45, 2.75) is 30.7 Å². The minimum absolute atomic E-state index is 0.0485. The summed E-state index contributed by atoms with van der Waals surface area (Å²) in [5, 5.41) is 0. The first-order valence-corrected chi connectivity index (χ1v) is 6.74. The Hall–Kier alpha value is -1.41. The fourth-order valence-corrected chi connectivity index (χ4v) is 2.91. The van der Waals surface area contributed by atoms with E-state index < -0.39 is 11.9 Å². The molecule has 1 aromatic heterocycles. The van der Waals surface area contributed by atoms with Gasteiger partial charge >= 0.3 is 6.18 Å². The quantitative estimate of drug-likeness (QED) is 0.835. The van der Waals surface area contributed by atoms with Gasteiger partial charge in [0.2, 0.25) is 5.95 Å². The maximum Gasteiger partial charge on any atom is 0.433 e. The van der Waals surface area contributed by atoms with Crippen molar-refractivity contribution in [3.05, 3.63) is 18.0 Å². The first kappa shape index (κ1) is 14.5. The van der Waals surface area contributed by atoms with Gasteiger partial charge in [0, 0.05) is 26.3 Å². The predicted molar refractivity (Wildman–Crippen MR) is 68.0 cm³/mol. The van der Waals surface area contributed by atoms with Gasteiger partial charge in [-0.1, -0.05) is 0 Å². The maximum absolute atomic E-state index is 12.7. The molecule has 3 heterocycles. The normalized spacial score (nSPS) is 29.5. The van der Waals surface area contributed by atoms with Gasteiger partial charge in [-0.25, -0.2) is 9.97 Å². The topological polar surface area (TPSA) is 47.5 Å². The molecule has 2 fully saturated rings. The smallest absolute Gasteiger partial charge is 0.379 e. The van der Waals surface area contributed by atoms with Crippen molar-refractivity contribution in [2.24, 2.45) is 0 Å². The van der Waals surface area contributed by atoms with Crippen LogP contribution >= 0.6 is 0 Å². The third-order valence-electron chi connectivity index (χ3n) is 4.04. The zero-order chi connectivity index (χ0) is 15.1. The molecule has 0 amide bonds. The van der Waals surface area contributed by atoms with Gasteiger partial charge in [0.05, 0.1) is 24.9 Å². The highest BCUT2D eigenvalue weighted by Gasteiger charge is 2.46. The second-order valence-corrected chi connectivity index (χ2v) is 5.47. The van der Waals surface area contributed by atoms with E-state index in [9.17, 15) is 13.2 Å². The molecule has 2 aliphatic rings. The van der Waals surface area contributed by atoms with Gasteiger partial charge in [0.25, 0.3) is 0 Å². The molecule has 8 heteroatoms. The van der Waals surface area contributed by atoms with E-state index in [1.165, 1.54) is 0 Å². The number of ether oxygens (including phenoxy) is 2. The Morgan fingerprint density at radius 1 is 1.48 bits per heavy atom. The molecule has 116 valence electrons. The number of methoxy groups -OCH3 is 1. The fraction of sp³-hybridized carbons (Fsp3) is 0.692. The Morgan fingerprint density at radius 3 is 2.95 bits per heavy atom. The van der Waals surface area contributed by atoms with Crippen molar-refractivity contribution in [1.29, 1.82) is 0 Å². The van der Waals surface area contributed by atoms with Gasteiger partial charge in [-0.05, 0) is 12.5 Å². The van der Waals surface area contributed by atoms with E-state index in [1.54, 1.807) is 12.0 Å². The van der Waals surface area contributed by atoms with Gasteiger partial charge in [0.1, 0.15) is 5.69 Å². The summed E-state index contributed by atoms with van der Waals surface area (Å²) >= 11 is 0. The molecule has 0 bridgehead atoms. The van der Waals surface area contributed by atoms with Crippen LogP contribution in [0.3, 0.4) is 0 Å².